The van der Waals surface area contributed by atoms with Crippen LogP contribution in [0.4, 0.5) is 0 Å². The van der Waals surface area contributed by atoms with E-state index in [0.29, 0.717) is 12.0 Å². The molecule has 3 nitrogen and oxygen atoms in total. The molecule has 0 radical (unpaired) electrons. The quantitative estimate of drug-likeness (QED) is 0.883. The number of benzene rings is 1. The van der Waals surface area contributed by atoms with Crippen LogP contribution in [-0.2, 0) is 11.2 Å². The second kappa shape index (κ2) is 5.29. The van der Waals surface area contributed by atoms with Gasteiger partial charge < -0.3 is 14.8 Å². The van der Waals surface area contributed by atoms with E-state index in [1.165, 1.54) is 5.56 Å². The van der Waals surface area contributed by atoms with Gasteiger partial charge in [-0.05, 0) is 24.6 Å². The van der Waals surface area contributed by atoms with Crippen molar-refractivity contribution in [1.82, 2.24) is 5.32 Å². The Bertz CT molecular complexity index is 376. The minimum absolute atomic E-state index is 0.258. The van der Waals surface area contributed by atoms with Gasteiger partial charge in [0, 0.05) is 25.0 Å². The first kappa shape index (κ1) is 12.0. The normalized spacial score (nSPS) is 27.8. The van der Waals surface area contributed by atoms with Crippen LogP contribution in [0.25, 0.3) is 0 Å². The SMILES string of the molecule is CCNC(C1CCOC1)C1Cc2ccccc2O1. The van der Waals surface area contributed by atoms with Gasteiger partial charge in [0.15, 0.2) is 0 Å². The second-order valence-electron chi connectivity index (χ2n) is 5.18. The van der Waals surface area contributed by atoms with Crippen LogP contribution in [0, 0.1) is 5.92 Å². The summed E-state index contributed by atoms with van der Waals surface area (Å²) in [6, 6.07) is 8.78. The van der Waals surface area contributed by atoms with Crippen molar-refractivity contribution in [3.63, 3.8) is 0 Å². The largest absolute Gasteiger partial charge is 0.488 e. The van der Waals surface area contributed by atoms with Crippen molar-refractivity contribution < 1.29 is 9.47 Å². The molecule has 1 aromatic carbocycles. The highest BCUT2D eigenvalue weighted by Crippen LogP contribution is 2.32. The van der Waals surface area contributed by atoms with Crippen molar-refractivity contribution in [3.8, 4) is 5.75 Å². The zero-order valence-corrected chi connectivity index (χ0v) is 10.9. The molecule has 1 saturated heterocycles. The number of ether oxygens (including phenoxy) is 2. The summed E-state index contributed by atoms with van der Waals surface area (Å²) in [7, 11) is 0. The Morgan fingerprint density at radius 2 is 2.28 bits per heavy atom. The zero-order chi connectivity index (χ0) is 12.4. The number of likely N-dealkylation sites (N-methyl/N-ethyl adjacent to an activating group) is 1. The molecule has 98 valence electrons. The topological polar surface area (TPSA) is 30.5 Å². The third-order valence-corrected chi connectivity index (χ3v) is 3.99. The van der Waals surface area contributed by atoms with Crippen LogP contribution < -0.4 is 10.1 Å². The van der Waals surface area contributed by atoms with Gasteiger partial charge in [-0.25, -0.2) is 0 Å². The number of hydrogen-bond donors (Lipinski definition) is 1. The van der Waals surface area contributed by atoms with Crippen molar-refractivity contribution >= 4 is 0 Å². The highest BCUT2D eigenvalue weighted by atomic mass is 16.5. The summed E-state index contributed by atoms with van der Waals surface area (Å²) in [5, 5.41) is 3.60. The molecule has 1 fully saturated rings. The average molecular weight is 247 g/mol. The van der Waals surface area contributed by atoms with Crippen LogP contribution >= 0.6 is 0 Å². The Labute approximate surface area is 108 Å². The zero-order valence-electron chi connectivity index (χ0n) is 10.9. The summed E-state index contributed by atoms with van der Waals surface area (Å²) in [6.07, 6.45) is 2.42. The maximum absolute atomic E-state index is 6.12. The summed E-state index contributed by atoms with van der Waals surface area (Å²) < 4.78 is 11.6. The van der Waals surface area contributed by atoms with Crippen LogP contribution in [0.15, 0.2) is 24.3 Å². The van der Waals surface area contributed by atoms with Gasteiger partial charge in [-0.2, -0.15) is 0 Å². The van der Waals surface area contributed by atoms with Crippen LogP contribution in [0.3, 0.4) is 0 Å². The van der Waals surface area contributed by atoms with Crippen molar-refractivity contribution in [2.45, 2.75) is 31.9 Å². The maximum Gasteiger partial charge on any atom is 0.123 e. The second-order valence-corrected chi connectivity index (χ2v) is 5.18. The number of nitrogens with one attached hydrogen (secondary N) is 1. The molecule has 1 aromatic rings. The molecule has 3 rings (SSSR count). The van der Waals surface area contributed by atoms with E-state index in [1.807, 2.05) is 6.07 Å². The molecule has 18 heavy (non-hydrogen) atoms. The number of rotatable bonds is 4. The molecule has 0 spiro atoms. The summed E-state index contributed by atoms with van der Waals surface area (Å²) in [5.41, 5.74) is 1.34. The van der Waals surface area contributed by atoms with Crippen LogP contribution in [0.1, 0.15) is 18.9 Å². The van der Waals surface area contributed by atoms with Gasteiger partial charge in [-0.1, -0.05) is 25.1 Å². The number of para-hydroxylation sites is 1. The van der Waals surface area contributed by atoms with Crippen LogP contribution in [-0.4, -0.2) is 31.9 Å². The molecule has 0 aromatic heterocycles. The van der Waals surface area contributed by atoms with E-state index in [9.17, 15) is 0 Å². The van der Waals surface area contributed by atoms with Crippen molar-refractivity contribution in [2.75, 3.05) is 19.8 Å². The van der Waals surface area contributed by atoms with Crippen LogP contribution in [0.2, 0.25) is 0 Å². The molecule has 2 aliphatic rings. The Balaban J connectivity index is 1.73. The van der Waals surface area contributed by atoms with E-state index in [1.54, 1.807) is 0 Å². The predicted octanol–water partition coefficient (Wildman–Crippen LogP) is 2.00. The predicted molar refractivity (Wildman–Crippen MR) is 71.0 cm³/mol. The molecule has 2 heterocycles. The molecule has 3 heteroatoms. The molecule has 2 aliphatic heterocycles. The Morgan fingerprint density at radius 1 is 1.39 bits per heavy atom. The first-order valence-electron chi connectivity index (χ1n) is 6.94. The number of fused-ring (bicyclic) bond motifs is 1. The molecular formula is C15H21NO2. The standard InChI is InChI=1S/C15H21NO2/c1-2-16-15(12-7-8-17-10-12)14-9-11-5-3-4-6-13(11)18-14/h3-6,12,14-16H,2,7-10H2,1H3. The summed E-state index contributed by atoms with van der Waals surface area (Å²) in [6.45, 7) is 4.91. The molecular weight excluding hydrogens is 226 g/mol. The molecule has 3 atom stereocenters. The van der Waals surface area contributed by atoms with Gasteiger partial charge in [0.25, 0.3) is 0 Å². The van der Waals surface area contributed by atoms with E-state index in [0.717, 1.165) is 38.3 Å². The molecule has 1 N–H and O–H groups in total. The highest BCUT2D eigenvalue weighted by Gasteiger charge is 2.36. The van der Waals surface area contributed by atoms with Crippen molar-refractivity contribution in [3.05, 3.63) is 29.8 Å². The van der Waals surface area contributed by atoms with Gasteiger partial charge in [0.2, 0.25) is 0 Å². The lowest BCUT2D eigenvalue weighted by Gasteiger charge is -2.28. The monoisotopic (exact) mass is 247 g/mol. The summed E-state index contributed by atoms with van der Waals surface area (Å²) in [5.74, 6) is 1.65. The summed E-state index contributed by atoms with van der Waals surface area (Å²) in [4.78, 5) is 0. The molecule has 0 aliphatic carbocycles. The Hall–Kier alpha value is -1.06. The van der Waals surface area contributed by atoms with E-state index >= 15 is 0 Å². The fraction of sp³-hybridized carbons (Fsp3) is 0.600. The van der Waals surface area contributed by atoms with E-state index in [4.69, 9.17) is 9.47 Å². The Kier molecular flexibility index (Phi) is 3.52. The fourth-order valence-electron chi connectivity index (χ4n) is 3.08. The van der Waals surface area contributed by atoms with Gasteiger partial charge >= 0.3 is 0 Å². The van der Waals surface area contributed by atoms with Gasteiger partial charge in [0.1, 0.15) is 11.9 Å². The third kappa shape index (κ3) is 2.25. The number of hydrogen-bond acceptors (Lipinski definition) is 3. The lowest BCUT2D eigenvalue weighted by atomic mass is 9.92. The molecule has 0 bridgehead atoms. The minimum atomic E-state index is 0.258. The Morgan fingerprint density at radius 3 is 3.00 bits per heavy atom. The lowest BCUT2D eigenvalue weighted by molar-refractivity contribution is 0.122. The van der Waals surface area contributed by atoms with Gasteiger partial charge in [0.05, 0.1) is 6.61 Å². The fourth-order valence-corrected chi connectivity index (χ4v) is 3.08. The van der Waals surface area contributed by atoms with Crippen molar-refractivity contribution in [2.24, 2.45) is 5.92 Å². The van der Waals surface area contributed by atoms with Gasteiger partial charge in [-0.15, -0.1) is 0 Å². The minimum Gasteiger partial charge on any atom is -0.488 e. The van der Waals surface area contributed by atoms with Crippen LogP contribution in [0.5, 0.6) is 5.75 Å². The maximum atomic E-state index is 6.12. The molecule has 3 unspecified atom stereocenters. The van der Waals surface area contributed by atoms with E-state index in [2.05, 4.69) is 30.4 Å². The lowest BCUT2D eigenvalue weighted by Crippen LogP contribution is -2.47. The molecule has 0 saturated carbocycles. The van der Waals surface area contributed by atoms with E-state index in [-0.39, 0.29) is 6.10 Å². The van der Waals surface area contributed by atoms with E-state index < -0.39 is 0 Å². The first-order valence-corrected chi connectivity index (χ1v) is 6.94. The molecule has 0 amide bonds. The van der Waals surface area contributed by atoms with Crippen molar-refractivity contribution in [1.29, 1.82) is 0 Å². The first-order chi connectivity index (χ1) is 8.88. The summed E-state index contributed by atoms with van der Waals surface area (Å²) >= 11 is 0. The van der Waals surface area contributed by atoms with Gasteiger partial charge in [-0.3, -0.25) is 0 Å². The average Bonchev–Trinajstić information content (AvgIpc) is 3.04. The smallest absolute Gasteiger partial charge is 0.123 e. The third-order valence-electron chi connectivity index (χ3n) is 3.99. The highest BCUT2D eigenvalue weighted by molar-refractivity contribution is 5.37.